The third kappa shape index (κ3) is 2.28. The number of carbonyl (C=O) groups excluding carboxylic acids is 1. The molecule has 1 atom stereocenters. The first kappa shape index (κ1) is 13.7. The number of para-hydroxylation sites is 1. The first-order valence-corrected chi connectivity index (χ1v) is 8.07. The van der Waals surface area contributed by atoms with E-state index in [1.165, 1.54) is 12.8 Å². The summed E-state index contributed by atoms with van der Waals surface area (Å²) in [5, 5.41) is 4.16. The Kier molecular flexibility index (Phi) is 3.15. The number of amides is 1. The van der Waals surface area contributed by atoms with Gasteiger partial charge in [0.25, 0.3) is 0 Å². The molecule has 4 heteroatoms. The Bertz CT molecular complexity index is 720. The smallest absolute Gasteiger partial charge is 0.244 e. The van der Waals surface area contributed by atoms with E-state index in [-0.39, 0.29) is 11.4 Å². The number of likely N-dealkylation sites (tertiary alicyclic amines) is 1. The number of anilines is 1. The number of hydrogen-bond acceptors (Lipinski definition) is 3. The summed E-state index contributed by atoms with van der Waals surface area (Å²) in [6.07, 6.45) is 5.34. The van der Waals surface area contributed by atoms with Crippen LogP contribution in [0.15, 0.2) is 36.5 Å². The molecule has 0 spiro atoms. The van der Waals surface area contributed by atoms with E-state index in [0.29, 0.717) is 0 Å². The molecule has 1 saturated carbocycles. The number of fused-ring (bicyclic) bond motifs is 1. The summed E-state index contributed by atoms with van der Waals surface area (Å²) in [5.41, 5.74) is 1.30. The van der Waals surface area contributed by atoms with Crippen molar-refractivity contribution in [3.05, 3.63) is 36.5 Å². The second-order valence-corrected chi connectivity index (χ2v) is 6.75. The van der Waals surface area contributed by atoms with E-state index in [1.54, 1.807) is 6.20 Å². The van der Waals surface area contributed by atoms with Crippen LogP contribution in [0.4, 0.5) is 5.69 Å². The van der Waals surface area contributed by atoms with Crippen LogP contribution in [0.2, 0.25) is 0 Å². The maximum Gasteiger partial charge on any atom is 0.244 e. The highest BCUT2D eigenvalue weighted by Gasteiger charge is 2.48. The molecule has 2 fully saturated rings. The molecule has 1 aliphatic heterocycles. The highest BCUT2D eigenvalue weighted by atomic mass is 16.2. The lowest BCUT2D eigenvalue weighted by molar-refractivity contribution is -0.135. The topological polar surface area (TPSA) is 45.2 Å². The summed E-state index contributed by atoms with van der Waals surface area (Å²) in [7, 11) is 0. The predicted octanol–water partition coefficient (Wildman–Crippen LogP) is 3.05. The molecule has 2 aromatic rings. The van der Waals surface area contributed by atoms with Gasteiger partial charge in [-0.2, -0.15) is 0 Å². The Morgan fingerprint density at radius 2 is 2.18 bits per heavy atom. The maximum atomic E-state index is 12.8. The van der Waals surface area contributed by atoms with E-state index in [1.807, 2.05) is 30.3 Å². The fraction of sp³-hybridized carbons (Fsp3) is 0.444. The third-order valence-electron chi connectivity index (χ3n) is 5.11. The Morgan fingerprint density at radius 3 is 2.91 bits per heavy atom. The van der Waals surface area contributed by atoms with Crippen molar-refractivity contribution in [2.24, 2.45) is 5.92 Å². The molecule has 1 amide bonds. The van der Waals surface area contributed by atoms with Gasteiger partial charge in [-0.15, -0.1) is 0 Å². The molecular weight excluding hydrogens is 274 g/mol. The third-order valence-corrected chi connectivity index (χ3v) is 5.11. The Morgan fingerprint density at radius 1 is 1.36 bits per heavy atom. The Balaban J connectivity index is 1.55. The molecule has 0 radical (unpaired) electrons. The standard InChI is InChI=1S/C18H21N3O/c1-18(9-11-21(18)12-13-7-8-13)17(22)20-15-6-2-4-14-5-3-10-19-16(14)15/h2-6,10,13H,7-9,11-12H2,1H3,(H,20,22). The van der Waals surface area contributed by atoms with Gasteiger partial charge in [0.05, 0.1) is 16.7 Å². The van der Waals surface area contributed by atoms with Gasteiger partial charge in [0.1, 0.15) is 0 Å². The van der Waals surface area contributed by atoms with Crippen LogP contribution < -0.4 is 5.32 Å². The maximum absolute atomic E-state index is 12.8. The zero-order valence-corrected chi connectivity index (χ0v) is 12.9. The van der Waals surface area contributed by atoms with E-state index in [9.17, 15) is 4.79 Å². The fourth-order valence-corrected chi connectivity index (χ4v) is 3.23. The van der Waals surface area contributed by atoms with Crippen LogP contribution in [-0.2, 0) is 4.79 Å². The SMILES string of the molecule is CC1(C(=O)Nc2cccc3cccnc23)CCN1CC1CC1. The van der Waals surface area contributed by atoms with E-state index >= 15 is 0 Å². The number of hydrogen-bond donors (Lipinski definition) is 1. The van der Waals surface area contributed by atoms with E-state index in [2.05, 4.69) is 22.1 Å². The van der Waals surface area contributed by atoms with Crippen molar-refractivity contribution in [3.63, 3.8) is 0 Å². The van der Waals surface area contributed by atoms with Gasteiger partial charge in [-0.3, -0.25) is 14.7 Å². The molecule has 1 N–H and O–H groups in total. The molecule has 22 heavy (non-hydrogen) atoms. The number of nitrogens with zero attached hydrogens (tertiary/aromatic N) is 2. The summed E-state index contributed by atoms with van der Waals surface area (Å²) in [6, 6.07) is 9.84. The average Bonchev–Trinajstić information content (AvgIpc) is 3.35. The minimum absolute atomic E-state index is 0.0950. The first-order valence-electron chi connectivity index (χ1n) is 8.07. The van der Waals surface area contributed by atoms with Gasteiger partial charge >= 0.3 is 0 Å². The van der Waals surface area contributed by atoms with Gasteiger partial charge in [-0.05, 0) is 44.2 Å². The molecule has 2 heterocycles. The van der Waals surface area contributed by atoms with Crippen LogP contribution in [0.25, 0.3) is 10.9 Å². The second kappa shape index (κ2) is 5.06. The van der Waals surface area contributed by atoms with Crippen LogP contribution in [0.1, 0.15) is 26.2 Å². The molecule has 4 rings (SSSR count). The molecule has 2 aliphatic rings. The highest BCUT2D eigenvalue weighted by Crippen LogP contribution is 2.38. The van der Waals surface area contributed by atoms with E-state index in [0.717, 1.165) is 42.0 Å². The minimum atomic E-state index is -0.362. The van der Waals surface area contributed by atoms with Crippen molar-refractivity contribution in [1.29, 1.82) is 0 Å². The number of pyridine rings is 1. The number of nitrogens with one attached hydrogen (secondary N) is 1. The Hall–Kier alpha value is -1.94. The number of rotatable bonds is 4. The first-order chi connectivity index (χ1) is 10.7. The van der Waals surface area contributed by atoms with Crippen molar-refractivity contribution in [2.75, 3.05) is 18.4 Å². The molecule has 1 aromatic carbocycles. The van der Waals surface area contributed by atoms with Gasteiger partial charge in [-0.25, -0.2) is 0 Å². The van der Waals surface area contributed by atoms with Crippen LogP contribution >= 0.6 is 0 Å². The van der Waals surface area contributed by atoms with Crippen molar-refractivity contribution in [2.45, 2.75) is 31.7 Å². The molecule has 1 aromatic heterocycles. The summed E-state index contributed by atoms with van der Waals surface area (Å²) in [4.78, 5) is 19.5. The molecule has 114 valence electrons. The zero-order chi connectivity index (χ0) is 15.2. The number of carbonyl (C=O) groups is 1. The monoisotopic (exact) mass is 295 g/mol. The van der Waals surface area contributed by atoms with Crippen LogP contribution in [0.3, 0.4) is 0 Å². The van der Waals surface area contributed by atoms with E-state index in [4.69, 9.17) is 0 Å². The van der Waals surface area contributed by atoms with Gasteiger partial charge in [-0.1, -0.05) is 18.2 Å². The number of benzene rings is 1. The normalized spacial score (nSPS) is 25.0. The van der Waals surface area contributed by atoms with Gasteiger partial charge in [0.2, 0.25) is 5.91 Å². The minimum Gasteiger partial charge on any atom is -0.323 e. The zero-order valence-electron chi connectivity index (χ0n) is 12.9. The molecule has 1 saturated heterocycles. The molecule has 4 nitrogen and oxygen atoms in total. The van der Waals surface area contributed by atoms with Gasteiger partial charge < -0.3 is 5.32 Å². The van der Waals surface area contributed by atoms with Crippen LogP contribution in [0, 0.1) is 5.92 Å². The molecular formula is C18H21N3O. The average molecular weight is 295 g/mol. The van der Waals surface area contributed by atoms with Gasteiger partial charge in [0, 0.05) is 24.7 Å². The predicted molar refractivity (Wildman–Crippen MR) is 87.7 cm³/mol. The lowest BCUT2D eigenvalue weighted by Crippen LogP contribution is -2.64. The highest BCUT2D eigenvalue weighted by molar-refractivity contribution is 6.04. The summed E-state index contributed by atoms with van der Waals surface area (Å²) >= 11 is 0. The summed E-state index contributed by atoms with van der Waals surface area (Å²) < 4.78 is 0. The molecule has 1 unspecified atom stereocenters. The van der Waals surface area contributed by atoms with Crippen LogP contribution in [0.5, 0.6) is 0 Å². The lowest BCUT2D eigenvalue weighted by Gasteiger charge is -2.49. The Labute approximate surface area is 130 Å². The van der Waals surface area contributed by atoms with Crippen molar-refractivity contribution < 1.29 is 4.79 Å². The van der Waals surface area contributed by atoms with Crippen molar-refractivity contribution in [1.82, 2.24) is 9.88 Å². The fourth-order valence-electron chi connectivity index (χ4n) is 3.23. The largest absolute Gasteiger partial charge is 0.323 e. The van der Waals surface area contributed by atoms with Crippen LogP contribution in [-0.4, -0.2) is 34.4 Å². The van der Waals surface area contributed by atoms with E-state index < -0.39 is 0 Å². The quantitative estimate of drug-likeness (QED) is 0.943. The van der Waals surface area contributed by atoms with Crippen molar-refractivity contribution in [3.8, 4) is 0 Å². The van der Waals surface area contributed by atoms with Crippen molar-refractivity contribution >= 4 is 22.5 Å². The second-order valence-electron chi connectivity index (χ2n) is 6.75. The van der Waals surface area contributed by atoms with Gasteiger partial charge in [0.15, 0.2) is 0 Å². The molecule has 0 bridgehead atoms. The summed E-state index contributed by atoms with van der Waals surface area (Å²) in [6.45, 7) is 4.17. The molecule has 1 aliphatic carbocycles. The lowest BCUT2D eigenvalue weighted by atomic mass is 9.85. The summed E-state index contributed by atoms with van der Waals surface area (Å²) in [5.74, 6) is 0.907. The number of aromatic nitrogens is 1.